The first-order chi connectivity index (χ1) is 8.33. The first-order valence-electron chi connectivity index (χ1n) is 6.15. The molecule has 0 aromatic heterocycles. The van der Waals surface area contributed by atoms with Gasteiger partial charge in [-0.05, 0) is 37.0 Å². The Morgan fingerprint density at radius 1 is 1.17 bits per heavy atom. The van der Waals surface area contributed by atoms with E-state index in [9.17, 15) is 13.2 Å². The van der Waals surface area contributed by atoms with Crippen molar-refractivity contribution in [2.24, 2.45) is 0 Å². The summed E-state index contributed by atoms with van der Waals surface area (Å²) in [4.78, 5) is 11.1. The second kappa shape index (κ2) is 6.14. The smallest absolute Gasteiger partial charge is 0.178 e. The molecular weight excluding hydrogens is 248 g/mol. The SMILES string of the molecule is CC(=O)CCCS(=O)(=O)c1ccc(C(C)C)cc1. The standard InChI is InChI=1S/C14H20O3S/c1-11(2)13-6-8-14(9-7-13)18(16,17)10-4-5-12(3)15/h6-9,11H,4-5,10H2,1-3H3. The number of ketones is 1. The molecular formula is C14H20O3S. The van der Waals surface area contributed by atoms with Crippen LogP contribution >= 0.6 is 0 Å². The van der Waals surface area contributed by atoms with Gasteiger partial charge in [0.2, 0.25) is 0 Å². The van der Waals surface area contributed by atoms with Gasteiger partial charge in [0.15, 0.2) is 9.84 Å². The second-order valence-corrected chi connectivity index (χ2v) is 6.96. The highest BCUT2D eigenvalue weighted by molar-refractivity contribution is 7.91. The average Bonchev–Trinajstić information content (AvgIpc) is 2.28. The van der Waals surface area contributed by atoms with Crippen LogP contribution in [-0.4, -0.2) is 20.0 Å². The van der Waals surface area contributed by atoms with Crippen LogP contribution in [0.4, 0.5) is 0 Å². The lowest BCUT2D eigenvalue weighted by molar-refractivity contribution is -0.117. The molecule has 0 atom stereocenters. The molecule has 0 saturated carbocycles. The Bertz CT molecular complexity index is 498. The van der Waals surface area contributed by atoms with E-state index in [1.165, 1.54) is 6.92 Å². The number of rotatable bonds is 6. The molecule has 0 unspecified atom stereocenters. The fourth-order valence-corrected chi connectivity index (χ4v) is 3.00. The van der Waals surface area contributed by atoms with Crippen molar-refractivity contribution in [3.05, 3.63) is 29.8 Å². The summed E-state index contributed by atoms with van der Waals surface area (Å²) < 4.78 is 24.0. The highest BCUT2D eigenvalue weighted by Crippen LogP contribution is 2.18. The Balaban J connectivity index is 2.76. The molecule has 1 aromatic rings. The maximum atomic E-state index is 12.0. The number of hydrogen-bond acceptors (Lipinski definition) is 3. The molecule has 0 bridgehead atoms. The van der Waals surface area contributed by atoms with E-state index in [2.05, 4.69) is 13.8 Å². The highest BCUT2D eigenvalue weighted by atomic mass is 32.2. The van der Waals surface area contributed by atoms with Gasteiger partial charge in [0, 0.05) is 6.42 Å². The maximum Gasteiger partial charge on any atom is 0.178 e. The summed E-state index contributed by atoms with van der Waals surface area (Å²) in [6, 6.07) is 7.00. The lowest BCUT2D eigenvalue weighted by Gasteiger charge is -2.07. The molecule has 0 radical (unpaired) electrons. The van der Waals surface area contributed by atoms with Crippen LogP contribution in [-0.2, 0) is 14.6 Å². The third kappa shape index (κ3) is 4.26. The van der Waals surface area contributed by atoms with Crippen molar-refractivity contribution < 1.29 is 13.2 Å². The van der Waals surface area contributed by atoms with Gasteiger partial charge in [-0.1, -0.05) is 26.0 Å². The fraction of sp³-hybridized carbons (Fsp3) is 0.500. The van der Waals surface area contributed by atoms with Crippen LogP contribution in [0.1, 0.15) is 45.1 Å². The van der Waals surface area contributed by atoms with E-state index in [1.54, 1.807) is 12.1 Å². The Hall–Kier alpha value is -1.16. The molecule has 0 aliphatic rings. The van der Waals surface area contributed by atoms with E-state index < -0.39 is 9.84 Å². The summed E-state index contributed by atoms with van der Waals surface area (Å²) in [6.07, 6.45) is 0.715. The molecule has 100 valence electrons. The van der Waals surface area contributed by atoms with E-state index in [4.69, 9.17) is 0 Å². The third-order valence-corrected chi connectivity index (χ3v) is 4.66. The monoisotopic (exact) mass is 268 g/mol. The van der Waals surface area contributed by atoms with Gasteiger partial charge in [-0.25, -0.2) is 8.42 Å². The van der Waals surface area contributed by atoms with Crippen LogP contribution in [0.5, 0.6) is 0 Å². The molecule has 1 aromatic carbocycles. The van der Waals surface area contributed by atoms with Gasteiger partial charge in [-0.15, -0.1) is 0 Å². The van der Waals surface area contributed by atoms with Crippen LogP contribution in [0.3, 0.4) is 0 Å². The van der Waals surface area contributed by atoms with Crippen LogP contribution in [0.2, 0.25) is 0 Å². The quantitative estimate of drug-likeness (QED) is 0.797. The molecule has 0 aliphatic heterocycles. The van der Waals surface area contributed by atoms with Crippen LogP contribution in [0.15, 0.2) is 29.2 Å². The zero-order valence-electron chi connectivity index (χ0n) is 11.1. The van der Waals surface area contributed by atoms with Crippen molar-refractivity contribution in [2.75, 3.05) is 5.75 Å². The summed E-state index contributed by atoms with van der Waals surface area (Å²) >= 11 is 0. The minimum atomic E-state index is -3.25. The maximum absolute atomic E-state index is 12.0. The van der Waals surface area contributed by atoms with Gasteiger partial charge in [-0.3, -0.25) is 0 Å². The Morgan fingerprint density at radius 2 is 1.72 bits per heavy atom. The summed E-state index contributed by atoms with van der Waals surface area (Å²) in [5.41, 5.74) is 1.12. The van der Waals surface area contributed by atoms with Gasteiger partial charge >= 0.3 is 0 Å². The third-order valence-electron chi connectivity index (χ3n) is 2.85. The number of carbonyl (C=O) groups excluding carboxylic acids is 1. The van der Waals surface area contributed by atoms with Crippen LogP contribution in [0.25, 0.3) is 0 Å². The van der Waals surface area contributed by atoms with E-state index in [1.807, 2.05) is 12.1 Å². The van der Waals surface area contributed by atoms with Crippen molar-refractivity contribution in [1.82, 2.24) is 0 Å². The minimum absolute atomic E-state index is 0.0281. The highest BCUT2D eigenvalue weighted by Gasteiger charge is 2.14. The number of benzene rings is 1. The van der Waals surface area contributed by atoms with Crippen molar-refractivity contribution in [3.63, 3.8) is 0 Å². The molecule has 18 heavy (non-hydrogen) atoms. The van der Waals surface area contributed by atoms with Crippen molar-refractivity contribution in [3.8, 4) is 0 Å². The average molecular weight is 268 g/mol. The minimum Gasteiger partial charge on any atom is -0.300 e. The molecule has 1 rings (SSSR count). The first kappa shape index (κ1) is 14.9. The molecule has 0 N–H and O–H groups in total. The molecule has 4 heteroatoms. The Labute approximate surface area is 109 Å². The molecule has 0 saturated heterocycles. The van der Waals surface area contributed by atoms with Gasteiger partial charge < -0.3 is 4.79 Å². The predicted octanol–water partition coefficient (Wildman–Crippen LogP) is 2.95. The van der Waals surface area contributed by atoms with Gasteiger partial charge in [0.25, 0.3) is 0 Å². The van der Waals surface area contributed by atoms with Crippen molar-refractivity contribution in [1.29, 1.82) is 0 Å². The fourth-order valence-electron chi connectivity index (χ4n) is 1.69. The van der Waals surface area contributed by atoms with Gasteiger partial charge in [-0.2, -0.15) is 0 Å². The topological polar surface area (TPSA) is 51.2 Å². The van der Waals surface area contributed by atoms with E-state index >= 15 is 0 Å². The van der Waals surface area contributed by atoms with Gasteiger partial charge in [0.05, 0.1) is 10.6 Å². The number of carbonyl (C=O) groups is 1. The second-order valence-electron chi connectivity index (χ2n) is 4.85. The summed E-state index contributed by atoms with van der Waals surface area (Å²) in [5, 5.41) is 0. The summed E-state index contributed by atoms with van der Waals surface area (Å²) in [5.74, 6) is 0.452. The zero-order chi connectivity index (χ0) is 13.8. The number of hydrogen-bond donors (Lipinski definition) is 0. The van der Waals surface area contributed by atoms with E-state index in [0.29, 0.717) is 23.7 Å². The normalized spacial score (nSPS) is 11.8. The number of sulfone groups is 1. The van der Waals surface area contributed by atoms with Crippen LogP contribution in [0, 0.1) is 0 Å². The van der Waals surface area contributed by atoms with Crippen molar-refractivity contribution in [2.45, 2.75) is 44.4 Å². The lowest BCUT2D eigenvalue weighted by atomic mass is 10.0. The predicted molar refractivity (Wildman–Crippen MR) is 72.5 cm³/mol. The van der Waals surface area contributed by atoms with Crippen LogP contribution < -0.4 is 0 Å². The van der Waals surface area contributed by atoms with Crippen molar-refractivity contribution >= 4 is 15.6 Å². The molecule has 0 amide bonds. The van der Waals surface area contributed by atoms with E-state index in [0.717, 1.165) is 5.56 Å². The molecule has 0 spiro atoms. The largest absolute Gasteiger partial charge is 0.300 e. The summed E-state index contributed by atoms with van der Waals surface area (Å²) in [7, 11) is -3.25. The number of Topliss-reactive ketones (excluding diaryl/α,β-unsaturated/α-hetero) is 1. The van der Waals surface area contributed by atoms with E-state index in [-0.39, 0.29) is 11.5 Å². The lowest BCUT2D eigenvalue weighted by Crippen LogP contribution is -2.08. The Kier molecular flexibility index (Phi) is 5.08. The molecule has 0 aliphatic carbocycles. The molecule has 3 nitrogen and oxygen atoms in total. The zero-order valence-corrected chi connectivity index (χ0v) is 12.0. The summed E-state index contributed by atoms with van der Waals surface area (Å²) in [6.45, 7) is 5.61. The first-order valence-corrected chi connectivity index (χ1v) is 7.80. The van der Waals surface area contributed by atoms with Gasteiger partial charge in [0.1, 0.15) is 5.78 Å². The molecule has 0 fully saturated rings. The molecule has 0 heterocycles. The Morgan fingerprint density at radius 3 is 2.17 bits per heavy atom.